The molecule has 13 atom stereocenters. The van der Waals surface area contributed by atoms with Gasteiger partial charge in [0.2, 0.25) is 35.4 Å². The number of amides is 9. The minimum absolute atomic E-state index is 0.0156. The van der Waals surface area contributed by atoms with E-state index >= 15 is 0 Å². The first-order valence-electron chi connectivity index (χ1n) is 35.7. The zero-order chi connectivity index (χ0) is 76.9. The SMILES string of the molecule is CC[C@H](C)[C@@H]([C@@H](CC(=O)N1CCC[C@H]1[C@H](OC)[C@@H](C)C(=O)N[C@H](C)[C@@H](O)c1ccccc1)OC)N(C)C(=O)[C@@H](NC(=O)[C@H](C(C)C)N(C)C(=O)OCc1ccc(CC(=O)[C@H](CCCNC(N)=O)NC(=O)[C@@H](CC(=O)[C@H](CCC(=O)OC)NC(=O)CN=[N+]=[N-])Cc2cccc3ccccc23)cc1)C(C)C. The van der Waals surface area contributed by atoms with Crippen LogP contribution < -0.4 is 32.3 Å². The number of hydrogen-bond acceptors (Lipinski definition) is 17. The first-order valence-corrected chi connectivity index (χ1v) is 35.7. The van der Waals surface area contributed by atoms with Crippen LogP contribution in [0.25, 0.3) is 21.2 Å². The van der Waals surface area contributed by atoms with E-state index in [1.54, 1.807) is 94.8 Å². The number of nitrogens with one attached hydrogen (secondary N) is 5. The average Bonchev–Trinajstić information content (AvgIpc) is 1.54. The molecule has 28 nitrogen and oxygen atoms in total. The van der Waals surface area contributed by atoms with E-state index in [9.17, 15) is 57.8 Å². The number of primary amides is 1. The van der Waals surface area contributed by atoms with E-state index < -0.39 is 151 Å². The molecular formula is C76H108N12O16. The third kappa shape index (κ3) is 24.9. The Balaban J connectivity index is 1.26. The van der Waals surface area contributed by atoms with Gasteiger partial charge in [-0.15, -0.1) is 0 Å². The van der Waals surface area contributed by atoms with Gasteiger partial charge < -0.3 is 66.2 Å². The number of nitrogens with zero attached hydrogens (tertiary/aromatic N) is 6. The standard InChI is InChI=1S/C76H108N12O16/c1-14-47(6)68(62(101-11)42-64(92)88-38-22-30-59(88)70(103-13)48(7)71(95)81-49(8)69(94)53-24-16-15-17-25-53)86(9)74(98)66(45(2)3)84-73(97)67(46(4)5)87(10)76(100)104-44-51-33-31-50(32-34-51)39-60(89)57(29-21-37-79-75(77)99)83-72(96)55(40-54-27-20-26-52-23-18-19-28-56(52)54)41-61(90)58(35-36-65(93)102-12)82-63(91)43-80-85-78/h15-20,23-28,31-34,45-49,55,57-59,62,66-70,94H,14,21-22,29-30,35-44H2,1-13H3,(H,81,95)(H,82,91)(H,83,96)(H,84,97)(H3,77,79,99)/t47-,48+,49+,55+,57-,58-,59-,62+,66-,67-,68-,69+,70+/m0/s1. The van der Waals surface area contributed by atoms with Crippen molar-refractivity contribution in [1.82, 2.24) is 41.3 Å². The predicted octanol–water partition coefficient (Wildman–Crippen LogP) is 7.34. The number of ether oxygens (including phenoxy) is 4. The van der Waals surface area contributed by atoms with E-state index in [2.05, 4.69) is 36.6 Å². The molecule has 1 saturated heterocycles. The smallest absolute Gasteiger partial charge is 0.410 e. The Bertz CT molecular complexity index is 3590. The van der Waals surface area contributed by atoms with Crippen molar-refractivity contribution >= 4 is 75.9 Å². The molecule has 8 N–H and O–H groups in total. The van der Waals surface area contributed by atoms with E-state index in [1.165, 1.54) is 33.3 Å². The molecule has 0 saturated carbocycles. The number of Topliss-reactive ketones (excluding diaryl/α,β-unsaturated/α-hetero) is 2. The monoisotopic (exact) mass is 1440 g/mol. The fraction of sp³-hybridized carbons (Fsp3) is 0.566. The molecule has 5 rings (SSSR count). The third-order valence-corrected chi connectivity index (χ3v) is 19.5. The number of aliphatic hydroxyl groups excluding tert-OH is 1. The lowest BCUT2D eigenvalue weighted by Crippen LogP contribution is -2.60. The van der Waals surface area contributed by atoms with Crippen LogP contribution in [0.2, 0.25) is 0 Å². The van der Waals surface area contributed by atoms with Crippen LogP contribution in [0.3, 0.4) is 0 Å². The molecule has 0 spiro atoms. The van der Waals surface area contributed by atoms with Gasteiger partial charge in [-0.1, -0.05) is 157 Å². The number of methoxy groups -OCH3 is 3. The van der Waals surface area contributed by atoms with E-state index in [0.717, 1.165) is 10.8 Å². The molecule has 1 heterocycles. The minimum atomic E-state index is -1.29. The number of aliphatic hydroxyl groups is 1. The first kappa shape index (κ1) is 85.1. The Morgan fingerprint density at radius 3 is 2.01 bits per heavy atom. The second kappa shape index (κ2) is 42.3. The Morgan fingerprint density at radius 1 is 0.731 bits per heavy atom. The number of azide groups is 1. The number of ketones is 2. The Hall–Kier alpha value is -9.50. The van der Waals surface area contributed by atoms with E-state index in [1.807, 2.05) is 74.5 Å². The number of nitrogens with two attached hydrogens (primary N) is 1. The molecule has 1 fully saturated rings. The summed E-state index contributed by atoms with van der Waals surface area (Å²) in [6, 6.07) is 21.5. The molecule has 1 aliphatic rings. The summed E-state index contributed by atoms with van der Waals surface area (Å²) < 4.78 is 22.6. The molecule has 9 amide bonds. The highest BCUT2D eigenvalue weighted by molar-refractivity contribution is 5.96. The second-order valence-corrected chi connectivity index (χ2v) is 27.6. The number of hydrogen-bond donors (Lipinski definition) is 7. The van der Waals surface area contributed by atoms with Gasteiger partial charge in [-0.25, -0.2) is 9.59 Å². The summed E-state index contributed by atoms with van der Waals surface area (Å²) in [7, 11) is 7.23. The van der Waals surface area contributed by atoms with Crippen LogP contribution in [0, 0.1) is 29.6 Å². The molecule has 4 aromatic rings. The van der Waals surface area contributed by atoms with Crippen LogP contribution in [0.5, 0.6) is 0 Å². The summed E-state index contributed by atoms with van der Waals surface area (Å²) in [6.07, 6.45) is -2.33. The lowest BCUT2D eigenvalue weighted by atomic mass is 9.88. The largest absolute Gasteiger partial charge is 0.469 e. The summed E-state index contributed by atoms with van der Waals surface area (Å²) >= 11 is 0. The molecular weight excluding hydrogens is 1340 g/mol. The number of carbonyl (C=O) groups is 11. The van der Waals surface area contributed by atoms with Crippen LogP contribution in [-0.4, -0.2) is 194 Å². The van der Waals surface area contributed by atoms with Crippen LogP contribution in [0.1, 0.15) is 142 Å². The molecule has 0 bridgehead atoms. The molecule has 1 aliphatic heterocycles. The van der Waals surface area contributed by atoms with Crippen molar-refractivity contribution in [2.75, 3.05) is 55.1 Å². The van der Waals surface area contributed by atoms with E-state index in [-0.39, 0.29) is 75.8 Å². The van der Waals surface area contributed by atoms with Crippen molar-refractivity contribution in [3.8, 4) is 0 Å². The predicted molar refractivity (Wildman–Crippen MR) is 390 cm³/mol. The Kier molecular flexibility index (Phi) is 34.6. The van der Waals surface area contributed by atoms with Crippen molar-refractivity contribution in [3.05, 3.63) is 130 Å². The number of rotatable bonds is 42. The molecule has 104 heavy (non-hydrogen) atoms. The molecule has 4 aromatic carbocycles. The number of likely N-dealkylation sites (N-methyl/N-ethyl adjacent to an activating group) is 2. The van der Waals surface area contributed by atoms with Gasteiger partial charge in [0.05, 0.1) is 68.0 Å². The van der Waals surface area contributed by atoms with Gasteiger partial charge in [0.25, 0.3) is 0 Å². The number of urea groups is 1. The van der Waals surface area contributed by atoms with Crippen molar-refractivity contribution < 1.29 is 76.8 Å². The zero-order valence-electron chi connectivity index (χ0n) is 62.3. The molecule has 0 aliphatic carbocycles. The lowest BCUT2D eigenvalue weighted by molar-refractivity contribution is -0.148. The molecule has 28 heteroatoms. The summed E-state index contributed by atoms with van der Waals surface area (Å²) in [6.45, 7) is 14.1. The van der Waals surface area contributed by atoms with Crippen LogP contribution in [-0.2, 0) is 81.5 Å². The first-order chi connectivity index (χ1) is 49.5. The maximum absolute atomic E-state index is 14.9. The number of likely N-dealkylation sites (tertiary alicyclic amines) is 1. The Labute approximate surface area is 609 Å². The van der Waals surface area contributed by atoms with Gasteiger partial charge in [-0.2, -0.15) is 0 Å². The van der Waals surface area contributed by atoms with Crippen molar-refractivity contribution in [3.63, 3.8) is 0 Å². The summed E-state index contributed by atoms with van der Waals surface area (Å²) in [4.78, 5) is 159. The van der Waals surface area contributed by atoms with Crippen LogP contribution >= 0.6 is 0 Å². The highest BCUT2D eigenvalue weighted by Crippen LogP contribution is 2.31. The topological polar surface area (TPSA) is 390 Å². The second-order valence-electron chi connectivity index (χ2n) is 27.6. The number of esters is 1. The van der Waals surface area contributed by atoms with Crippen molar-refractivity contribution in [1.29, 1.82) is 0 Å². The summed E-state index contributed by atoms with van der Waals surface area (Å²) in [5, 5.41) is 29.7. The highest BCUT2D eigenvalue weighted by atomic mass is 16.6. The van der Waals surface area contributed by atoms with Gasteiger partial charge in [-0.3, -0.25) is 48.1 Å². The van der Waals surface area contributed by atoms with Gasteiger partial charge >= 0.3 is 18.1 Å². The fourth-order valence-corrected chi connectivity index (χ4v) is 13.5. The average molecular weight is 1450 g/mol. The molecule has 0 unspecified atom stereocenters. The van der Waals surface area contributed by atoms with Gasteiger partial charge in [-0.05, 0) is 102 Å². The van der Waals surface area contributed by atoms with Crippen molar-refractivity contribution in [2.24, 2.45) is 40.4 Å². The van der Waals surface area contributed by atoms with Crippen LogP contribution in [0.15, 0.2) is 102 Å². The Morgan fingerprint density at radius 2 is 1.38 bits per heavy atom. The maximum atomic E-state index is 14.9. The lowest BCUT2D eigenvalue weighted by Gasteiger charge is -2.41. The number of benzene rings is 4. The maximum Gasteiger partial charge on any atom is 0.410 e. The van der Waals surface area contributed by atoms with Crippen molar-refractivity contribution in [2.45, 2.75) is 193 Å². The normalized spacial score (nSPS) is 16.3. The molecule has 0 radical (unpaired) electrons. The van der Waals surface area contributed by atoms with E-state index in [4.69, 9.17) is 30.2 Å². The van der Waals surface area contributed by atoms with E-state index in [0.29, 0.717) is 48.1 Å². The zero-order valence-corrected chi connectivity index (χ0v) is 62.3. The van der Waals surface area contributed by atoms with Gasteiger partial charge in [0, 0.05) is 71.5 Å². The molecule has 568 valence electrons. The van der Waals surface area contributed by atoms with Gasteiger partial charge in [0.1, 0.15) is 25.2 Å². The molecule has 0 aromatic heterocycles. The van der Waals surface area contributed by atoms with Gasteiger partial charge in [0.15, 0.2) is 11.6 Å². The minimum Gasteiger partial charge on any atom is -0.469 e. The third-order valence-electron chi connectivity index (χ3n) is 19.5. The number of carbonyl (C=O) groups excluding carboxylic acids is 11. The quantitative estimate of drug-likeness (QED) is 0.00749. The fourth-order valence-electron chi connectivity index (χ4n) is 13.5. The number of fused-ring (bicyclic) bond motifs is 1. The summed E-state index contributed by atoms with van der Waals surface area (Å²) in [5.41, 5.74) is 16.6. The van der Waals surface area contributed by atoms with Crippen LogP contribution in [0.4, 0.5) is 9.59 Å². The summed E-state index contributed by atoms with van der Waals surface area (Å²) in [5.74, 6) is -7.69. The highest BCUT2D eigenvalue weighted by Gasteiger charge is 2.44.